The minimum atomic E-state index is -0.141. The number of hydrogen-bond acceptors (Lipinski definition) is 6. The van der Waals surface area contributed by atoms with Gasteiger partial charge in [0.2, 0.25) is 5.91 Å². The summed E-state index contributed by atoms with van der Waals surface area (Å²) in [5.74, 6) is 0.787. The molecule has 0 bridgehead atoms. The van der Waals surface area contributed by atoms with E-state index in [1.54, 1.807) is 6.20 Å². The van der Waals surface area contributed by atoms with Crippen LogP contribution in [0.5, 0.6) is 0 Å². The van der Waals surface area contributed by atoms with Crippen LogP contribution in [0.15, 0.2) is 12.4 Å². The van der Waals surface area contributed by atoms with E-state index in [-0.39, 0.29) is 23.4 Å². The highest BCUT2D eigenvalue weighted by molar-refractivity contribution is 5.80. The van der Waals surface area contributed by atoms with Crippen LogP contribution < -0.4 is 5.32 Å². The van der Waals surface area contributed by atoms with Crippen LogP contribution in [0, 0.1) is 23.2 Å². The van der Waals surface area contributed by atoms with E-state index in [4.69, 9.17) is 4.74 Å². The summed E-state index contributed by atoms with van der Waals surface area (Å²) in [7, 11) is 1.94. The molecule has 7 heteroatoms. The first-order valence-corrected chi connectivity index (χ1v) is 9.50. The Morgan fingerprint density at radius 1 is 1.31 bits per heavy atom. The van der Waals surface area contributed by atoms with Crippen molar-refractivity contribution in [1.29, 1.82) is 5.26 Å². The van der Waals surface area contributed by atoms with Crippen molar-refractivity contribution in [3.05, 3.63) is 18.1 Å². The Bertz CT molecular complexity index is 648. The van der Waals surface area contributed by atoms with Gasteiger partial charge in [-0.2, -0.15) is 5.26 Å². The van der Waals surface area contributed by atoms with Gasteiger partial charge in [0.05, 0.1) is 5.92 Å². The van der Waals surface area contributed by atoms with Crippen LogP contribution in [-0.2, 0) is 9.53 Å². The highest BCUT2D eigenvalue weighted by atomic mass is 16.5. The smallest absolute Gasteiger partial charge is 0.227 e. The summed E-state index contributed by atoms with van der Waals surface area (Å²) >= 11 is 0. The summed E-state index contributed by atoms with van der Waals surface area (Å²) in [6.07, 6.45) is 9.43. The standard InChI is InChI=1S/C19H27N5O2/c1-24(15-4-2-3-5-15)19(25)16(14-6-10-26-11-7-14)13-23-18-17(12-20)21-8-9-22-18/h8-9,14-16H,2-7,10-11,13H2,1H3,(H,22,23). The van der Waals surface area contributed by atoms with Gasteiger partial charge in [0.25, 0.3) is 0 Å². The van der Waals surface area contributed by atoms with Gasteiger partial charge in [-0.15, -0.1) is 0 Å². The fraction of sp³-hybridized carbons (Fsp3) is 0.684. The SMILES string of the molecule is CN(C(=O)C(CNc1nccnc1C#N)C1CCOCC1)C1CCCC1. The Labute approximate surface area is 154 Å². The molecule has 7 nitrogen and oxygen atoms in total. The lowest BCUT2D eigenvalue weighted by molar-refractivity contribution is -0.138. The molecular weight excluding hydrogens is 330 g/mol. The van der Waals surface area contributed by atoms with Crippen LogP contribution in [0.4, 0.5) is 5.82 Å². The molecule has 1 aliphatic heterocycles. The molecular formula is C19H27N5O2. The molecule has 3 rings (SSSR count). The van der Waals surface area contributed by atoms with E-state index in [9.17, 15) is 10.1 Å². The molecule has 0 radical (unpaired) electrons. The lowest BCUT2D eigenvalue weighted by Gasteiger charge is -2.34. The molecule has 26 heavy (non-hydrogen) atoms. The van der Waals surface area contributed by atoms with Crippen molar-refractivity contribution in [2.24, 2.45) is 11.8 Å². The third kappa shape index (κ3) is 4.31. The molecule has 1 N–H and O–H groups in total. The van der Waals surface area contributed by atoms with E-state index >= 15 is 0 Å². The molecule has 2 heterocycles. The highest BCUT2D eigenvalue weighted by Crippen LogP contribution is 2.29. The van der Waals surface area contributed by atoms with Gasteiger partial charge in [-0.3, -0.25) is 4.79 Å². The lowest BCUT2D eigenvalue weighted by atomic mass is 9.84. The van der Waals surface area contributed by atoms with Gasteiger partial charge in [-0.25, -0.2) is 9.97 Å². The number of nitriles is 1. The van der Waals surface area contributed by atoms with Crippen LogP contribution >= 0.6 is 0 Å². The largest absolute Gasteiger partial charge is 0.381 e. The van der Waals surface area contributed by atoms with E-state index in [0.717, 1.165) is 25.7 Å². The van der Waals surface area contributed by atoms with Gasteiger partial charge < -0.3 is 15.0 Å². The summed E-state index contributed by atoms with van der Waals surface area (Å²) in [5, 5.41) is 12.4. The third-order valence-corrected chi connectivity index (χ3v) is 5.67. The molecule has 140 valence electrons. The number of ether oxygens (including phenoxy) is 1. The summed E-state index contributed by atoms with van der Waals surface area (Å²) in [6.45, 7) is 1.88. The van der Waals surface area contributed by atoms with Gasteiger partial charge in [0, 0.05) is 45.2 Å². The van der Waals surface area contributed by atoms with Crippen LogP contribution in [-0.4, -0.2) is 53.6 Å². The average molecular weight is 357 g/mol. The van der Waals surface area contributed by atoms with E-state index < -0.39 is 0 Å². The first-order chi connectivity index (χ1) is 12.7. The molecule has 1 saturated carbocycles. The summed E-state index contributed by atoms with van der Waals surface area (Å²) in [6, 6.07) is 2.40. The molecule has 2 fully saturated rings. The highest BCUT2D eigenvalue weighted by Gasteiger charge is 2.34. The number of nitrogens with zero attached hydrogens (tertiary/aromatic N) is 4. The molecule has 0 aromatic carbocycles. The number of anilines is 1. The Morgan fingerprint density at radius 2 is 2.00 bits per heavy atom. The molecule has 1 amide bonds. The first-order valence-electron chi connectivity index (χ1n) is 9.50. The number of hydrogen-bond donors (Lipinski definition) is 1. The van der Waals surface area contributed by atoms with Gasteiger partial charge in [0.1, 0.15) is 6.07 Å². The van der Waals surface area contributed by atoms with Crippen molar-refractivity contribution < 1.29 is 9.53 Å². The van der Waals surface area contributed by atoms with Gasteiger partial charge >= 0.3 is 0 Å². The van der Waals surface area contributed by atoms with E-state index in [2.05, 4.69) is 15.3 Å². The topological polar surface area (TPSA) is 91.1 Å². The van der Waals surface area contributed by atoms with Crippen LogP contribution in [0.25, 0.3) is 0 Å². The van der Waals surface area contributed by atoms with Crippen molar-refractivity contribution in [3.8, 4) is 6.07 Å². The second-order valence-electron chi connectivity index (χ2n) is 7.19. The number of carbonyl (C=O) groups excluding carboxylic acids is 1. The number of carbonyl (C=O) groups is 1. The zero-order chi connectivity index (χ0) is 18.4. The minimum absolute atomic E-state index is 0.141. The van der Waals surface area contributed by atoms with Crippen LogP contribution in [0.3, 0.4) is 0 Å². The summed E-state index contributed by atoms with van der Waals surface area (Å²) < 4.78 is 5.48. The van der Waals surface area contributed by atoms with Crippen LogP contribution in [0.2, 0.25) is 0 Å². The molecule has 1 unspecified atom stereocenters. The van der Waals surface area contributed by atoms with Crippen molar-refractivity contribution >= 4 is 11.7 Å². The molecule has 1 aliphatic carbocycles. The molecule has 1 saturated heterocycles. The number of nitrogens with one attached hydrogen (secondary N) is 1. The lowest BCUT2D eigenvalue weighted by Crippen LogP contribution is -2.45. The average Bonchev–Trinajstić information content (AvgIpc) is 3.23. The Balaban J connectivity index is 1.72. The van der Waals surface area contributed by atoms with Gasteiger partial charge in [0.15, 0.2) is 11.5 Å². The molecule has 1 aromatic heterocycles. The Kier molecular flexibility index (Phi) is 6.40. The number of amides is 1. The maximum Gasteiger partial charge on any atom is 0.227 e. The molecule has 0 spiro atoms. The molecule has 1 aromatic rings. The fourth-order valence-corrected chi connectivity index (χ4v) is 4.06. The molecule has 1 atom stereocenters. The van der Waals surface area contributed by atoms with E-state index in [1.807, 2.05) is 18.0 Å². The van der Waals surface area contributed by atoms with E-state index in [0.29, 0.717) is 31.6 Å². The Hall–Kier alpha value is -2.20. The molecule has 2 aliphatic rings. The second-order valence-corrected chi connectivity index (χ2v) is 7.19. The zero-order valence-corrected chi connectivity index (χ0v) is 15.4. The zero-order valence-electron chi connectivity index (χ0n) is 15.4. The monoisotopic (exact) mass is 357 g/mol. The second kappa shape index (κ2) is 8.95. The van der Waals surface area contributed by atoms with E-state index in [1.165, 1.54) is 19.0 Å². The third-order valence-electron chi connectivity index (χ3n) is 5.67. The maximum atomic E-state index is 13.2. The van der Waals surface area contributed by atoms with Crippen molar-refractivity contribution in [2.75, 3.05) is 32.1 Å². The quantitative estimate of drug-likeness (QED) is 0.839. The van der Waals surface area contributed by atoms with Crippen molar-refractivity contribution in [2.45, 2.75) is 44.6 Å². The Morgan fingerprint density at radius 3 is 2.69 bits per heavy atom. The van der Waals surface area contributed by atoms with Gasteiger partial charge in [-0.1, -0.05) is 12.8 Å². The summed E-state index contributed by atoms with van der Waals surface area (Å²) in [5.41, 5.74) is 0.259. The van der Waals surface area contributed by atoms with Gasteiger partial charge in [-0.05, 0) is 31.6 Å². The first kappa shape index (κ1) is 18.6. The van der Waals surface area contributed by atoms with Crippen LogP contribution in [0.1, 0.15) is 44.2 Å². The van der Waals surface area contributed by atoms with Crippen molar-refractivity contribution in [3.63, 3.8) is 0 Å². The fourth-order valence-electron chi connectivity index (χ4n) is 4.06. The predicted molar refractivity (Wildman–Crippen MR) is 97.3 cm³/mol. The predicted octanol–water partition coefficient (Wildman–Crippen LogP) is 2.20. The maximum absolute atomic E-state index is 13.2. The summed E-state index contributed by atoms with van der Waals surface area (Å²) in [4.78, 5) is 23.4. The number of rotatable bonds is 6. The number of aromatic nitrogens is 2. The normalized spacial score (nSPS) is 19.7. The minimum Gasteiger partial charge on any atom is -0.381 e. The van der Waals surface area contributed by atoms with Crippen molar-refractivity contribution in [1.82, 2.24) is 14.9 Å².